The molecule has 4 rings (SSSR count). The molecule has 1 fully saturated rings. The van der Waals surface area contributed by atoms with Gasteiger partial charge in [0.25, 0.3) is 0 Å². The first-order valence-electron chi connectivity index (χ1n) is 7.13. The highest BCUT2D eigenvalue weighted by molar-refractivity contribution is 7.10. The normalized spacial score (nSPS) is 26.4. The van der Waals surface area contributed by atoms with Gasteiger partial charge in [-0.25, -0.2) is 0 Å². The zero-order valence-electron chi connectivity index (χ0n) is 11.2. The molecular formula is C14H17N3O2S. The van der Waals surface area contributed by atoms with Gasteiger partial charge in [0, 0.05) is 11.4 Å². The number of nitrogens with zero attached hydrogens (tertiary/aromatic N) is 2. The summed E-state index contributed by atoms with van der Waals surface area (Å²) in [7, 11) is 0. The molecule has 1 aliphatic heterocycles. The Balaban J connectivity index is 1.60. The van der Waals surface area contributed by atoms with Crippen molar-refractivity contribution in [2.75, 3.05) is 19.8 Å². The average molecular weight is 291 g/mol. The third-order valence-corrected chi connectivity index (χ3v) is 5.04. The van der Waals surface area contributed by atoms with Gasteiger partial charge in [-0.1, -0.05) is 5.16 Å². The van der Waals surface area contributed by atoms with Gasteiger partial charge in [0.1, 0.15) is 0 Å². The van der Waals surface area contributed by atoms with Gasteiger partial charge in [-0.2, -0.15) is 4.98 Å². The van der Waals surface area contributed by atoms with Gasteiger partial charge >= 0.3 is 0 Å². The molecular weight excluding hydrogens is 274 g/mol. The van der Waals surface area contributed by atoms with Crippen LogP contribution in [0.1, 0.15) is 47.0 Å². The fourth-order valence-corrected chi connectivity index (χ4v) is 3.99. The summed E-state index contributed by atoms with van der Waals surface area (Å²) in [6, 6.07) is 2.27. The quantitative estimate of drug-likeness (QED) is 0.919. The summed E-state index contributed by atoms with van der Waals surface area (Å²) in [6.45, 7) is 2.21. The molecule has 106 valence electrons. The molecule has 6 heteroatoms. The van der Waals surface area contributed by atoms with Crippen LogP contribution in [0.25, 0.3) is 0 Å². The van der Waals surface area contributed by atoms with Crippen molar-refractivity contribution in [1.82, 2.24) is 15.5 Å². The van der Waals surface area contributed by atoms with Crippen LogP contribution in [0.3, 0.4) is 0 Å². The van der Waals surface area contributed by atoms with Gasteiger partial charge < -0.3 is 14.6 Å². The van der Waals surface area contributed by atoms with Crippen LogP contribution in [0.15, 0.2) is 16.0 Å². The van der Waals surface area contributed by atoms with E-state index in [0.717, 1.165) is 31.3 Å². The minimum atomic E-state index is 0.0618. The highest BCUT2D eigenvalue weighted by Crippen LogP contribution is 2.38. The second-order valence-electron chi connectivity index (χ2n) is 5.32. The number of nitrogens with one attached hydrogen (secondary N) is 1. The number of aromatic nitrogens is 2. The number of aryl methyl sites for hydroxylation is 1. The average Bonchev–Trinajstić information content (AvgIpc) is 3.17. The Hall–Kier alpha value is -1.24. The lowest BCUT2D eigenvalue weighted by Gasteiger charge is -2.21. The van der Waals surface area contributed by atoms with E-state index in [2.05, 4.69) is 26.9 Å². The lowest BCUT2D eigenvalue weighted by molar-refractivity contribution is 0.0734. The highest BCUT2D eigenvalue weighted by atomic mass is 32.1. The Labute approximate surface area is 121 Å². The van der Waals surface area contributed by atoms with Crippen molar-refractivity contribution in [2.24, 2.45) is 0 Å². The molecule has 20 heavy (non-hydrogen) atoms. The van der Waals surface area contributed by atoms with E-state index in [4.69, 9.17) is 9.26 Å². The van der Waals surface area contributed by atoms with Crippen molar-refractivity contribution in [1.29, 1.82) is 0 Å². The maximum absolute atomic E-state index is 5.53. The van der Waals surface area contributed by atoms with Crippen molar-refractivity contribution >= 4 is 11.3 Å². The molecule has 0 spiro atoms. The molecule has 0 amide bonds. The molecule has 0 saturated carbocycles. The number of ether oxygens (including phenoxy) is 1. The fraction of sp³-hybridized carbons (Fsp3) is 0.571. The molecule has 1 saturated heterocycles. The monoisotopic (exact) mass is 291 g/mol. The van der Waals surface area contributed by atoms with Gasteiger partial charge in [-0.05, 0) is 36.3 Å². The standard InChI is InChI=1S/C14H17N3O2S/c1-2-10(9-4-7-20-12(9)3-1)14-16-13(17-19-14)11-8-18-6-5-15-11/h4,7,10-11,15H,1-3,5-6,8H2. The molecule has 0 bridgehead atoms. The van der Waals surface area contributed by atoms with E-state index >= 15 is 0 Å². The van der Waals surface area contributed by atoms with E-state index in [-0.39, 0.29) is 12.0 Å². The topological polar surface area (TPSA) is 60.2 Å². The minimum Gasteiger partial charge on any atom is -0.378 e. The maximum atomic E-state index is 5.53. The predicted molar refractivity (Wildman–Crippen MR) is 75.0 cm³/mol. The molecule has 3 heterocycles. The molecule has 2 unspecified atom stereocenters. The Morgan fingerprint density at radius 2 is 2.40 bits per heavy atom. The van der Waals surface area contributed by atoms with Crippen molar-refractivity contribution < 1.29 is 9.26 Å². The summed E-state index contributed by atoms with van der Waals surface area (Å²) in [5.41, 5.74) is 1.38. The second-order valence-corrected chi connectivity index (χ2v) is 6.32. The zero-order chi connectivity index (χ0) is 13.4. The summed E-state index contributed by atoms with van der Waals surface area (Å²) in [5, 5.41) is 9.67. The van der Waals surface area contributed by atoms with Crippen LogP contribution in [0, 0.1) is 0 Å². The number of hydrogen-bond donors (Lipinski definition) is 1. The number of morpholine rings is 1. The number of fused-ring (bicyclic) bond motifs is 1. The van der Waals surface area contributed by atoms with Gasteiger partial charge in [0.05, 0.1) is 25.2 Å². The van der Waals surface area contributed by atoms with Crippen LogP contribution in [0.2, 0.25) is 0 Å². The molecule has 2 aliphatic rings. The first-order chi connectivity index (χ1) is 9.92. The summed E-state index contributed by atoms with van der Waals surface area (Å²) in [4.78, 5) is 6.09. The van der Waals surface area contributed by atoms with Gasteiger partial charge in [0.2, 0.25) is 5.89 Å². The highest BCUT2D eigenvalue weighted by Gasteiger charge is 2.29. The van der Waals surface area contributed by atoms with Crippen LogP contribution in [0.5, 0.6) is 0 Å². The fourth-order valence-electron chi connectivity index (χ4n) is 3.00. The largest absolute Gasteiger partial charge is 0.378 e. The number of hydrogen-bond acceptors (Lipinski definition) is 6. The number of thiophene rings is 1. The molecule has 2 atom stereocenters. The predicted octanol–water partition coefficient (Wildman–Crippen LogP) is 2.26. The van der Waals surface area contributed by atoms with E-state index in [1.54, 1.807) is 0 Å². The van der Waals surface area contributed by atoms with Gasteiger partial charge in [0.15, 0.2) is 5.82 Å². The lowest BCUT2D eigenvalue weighted by Crippen LogP contribution is -2.35. The molecule has 0 aromatic carbocycles. The van der Waals surface area contributed by atoms with E-state index in [0.29, 0.717) is 6.61 Å². The summed E-state index contributed by atoms with van der Waals surface area (Å²) in [5.74, 6) is 1.75. The van der Waals surface area contributed by atoms with E-state index in [1.807, 2.05) is 11.3 Å². The van der Waals surface area contributed by atoms with Crippen LogP contribution in [0.4, 0.5) is 0 Å². The van der Waals surface area contributed by atoms with Gasteiger partial charge in [-0.15, -0.1) is 11.3 Å². The minimum absolute atomic E-state index is 0.0618. The molecule has 2 aromatic heterocycles. The zero-order valence-corrected chi connectivity index (χ0v) is 12.0. The lowest BCUT2D eigenvalue weighted by atomic mass is 9.88. The Bertz CT molecular complexity index is 589. The smallest absolute Gasteiger partial charge is 0.234 e. The summed E-state index contributed by atoms with van der Waals surface area (Å²) < 4.78 is 11.0. The second kappa shape index (κ2) is 5.27. The van der Waals surface area contributed by atoms with E-state index in [1.165, 1.54) is 23.3 Å². The molecule has 0 radical (unpaired) electrons. The molecule has 1 aliphatic carbocycles. The first-order valence-corrected chi connectivity index (χ1v) is 8.00. The van der Waals surface area contributed by atoms with E-state index < -0.39 is 0 Å². The summed E-state index contributed by atoms with van der Waals surface area (Å²) in [6.07, 6.45) is 3.48. The Morgan fingerprint density at radius 3 is 3.30 bits per heavy atom. The van der Waals surface area contributed by atoms with Gasteiger partial charge in [-0.3, -0.25) is 0 Å². The third kappa shape index (κ3) is 2.17. The molecule has 5 nitrogen and oxygen atoms in total. The number of rotatable bonds is 2. The van der Waals surface area contributed by atoms with Crippen LogP contribution in [-0.2, 0) is 11.2 Å². The maximum Gasteiger partial charge on any atom is 0.234 e. The van der Waals surface area contributed by atoms with Crippen LogP contribution < -0.4 is 5.32 Å². The van der Waals surface area contributed by atoms with Crippen LogP contribution in [-0.4, -0.2) is 29.9 Å². The van der Waals surface area contributed by atoms with Crippen LogP contribution >= 0.6 is 11.3 Å². The van der Waals surface area contributed by atoms with Crippen molar-refractivity contribution in [3.05, 3.63) is 33.6 Å². The Kier molecular flexibility index (Phi) is 3.29. The van der Waals surface area contributed by atoms with E-state index in [9.17, 15) is 0 Å². The third-order valence-electron chi connectivity index (χ3n) is 4.04. The SMILES string of the molecule is c1cc2c(s1)CCCC2c1nc(C2COCCN2)no1. The molecule has 2 aromatic rings. The van der Waals surface area contributed by atoms with Crippen molar-refractivity contribution in [3.63, 3.8) is 0 Å². The summed E-state index contributed by atoms with van der Waals surface area (Å²) >= 11 is 1.84. The first kappa shape index (κ1) is 12.5. The van der Waals surface area contributed by atoms with Crippen molar-refractivity contribution in [3.8, 4) is 0 Å². The van der Waals surface area contributed by atoms with Crippen molar-refractivity contribution in [2.45, 2.75) is 31.2 Å². The Morgan fingerprint density at radius 1 is 1.40 bits per heavy atom. The molecule has 1 N–H and O–H groups in total.